The number of sulfone groups is 1. The Morgan fingerprint density at radius 2 is 1.75 bits per heavy atom. The summed E-state index contributed by atoms with van der Waals surface area (Å²) < 4.78 is 22.8. The molecule has 3 N–H and O–H groups in total. The number of anilines is 2. The van der Waals surface area contributed by atoms with Gasteiger partial charge in [-0.25, -0.2) is 8.42 Å². The first kappa shape index (κ1) is 14.4. The summed E-state index contributed by atoms with van der Waals surface area (Å²) in [4.78, 5) is 0.330. The molecule has 106 valence electrons. The van der Waals surface area contributed by atoms with Crippen molar-refractivity contribution in [3.8, 4) is 0 Å². The molecule has 0 radical (unpaired) electrons. The zero-order valence-corrected chi connectivity index (χ0v) is 12.4. The Balaban J connectivity index is 2.12. The molecule has 0 saturated carbocycles. The molecule has 0 aromatic heterocycles. The van der Waals surface area contributed by atoms with Crippen molar-refractivity contribution in [3.63, 3.8) is 0 Å². The Labute approximate surface area is 119 Å². The van der Waals surface area contributed by atoms with Crippen molar-refractivity contribution in [2.45, 2.75) is 18.4 Å². The van der Waals surface area contributed by atoms with E-state index >= 15 is 0 Å². The van der Waals surface area contributed by atoms with E-state index in [0.717, 1.165) is 16.8 Å². The van der Waals surface area contributed by atoms with Crippen LogP contribution in [0.1, 0.15) is 11.1 Å². The Morgan fingerprint density at radius 3 is 2.30 bits per heavy atom. The van der Waals surface area contributed by atoms with E-state index in [1.165, 1.54) is 6.26 Å². The highest BCUT2D eigenvalue weighted by Crippen LogP contribution is 2.23. The lowest BCUT2D eigenvalue weighted by molar-refractivity contribution is 0.602. The Kier molecular flexibility index (Phi) is 3.99. The maximum Gasteiger partial charge on any atom is 0.175 e. The molecule has 0 aliphatic rings. The standard InChI is InChI=1S/C15H18N2O2S/c1-11-4-3-5-14(16)15(11)17-10-12-6-8-13(9-7-12)20(2,18)19/h3-9,17H,10,16H2,1-2H3. The van der Waals surface area contributed by atoms with Crippen LogP contribution in [0.3, 0.4) is 0 Å². The summed E-state index contributed by atoms with van der Waals surface area (Å²) in [6.45, 7) is 2.59. The molecule has 0 aliphatic heterocycles. The fourth-order valence-electron chi connectivity index (χ4n) is 1.98. The number of nitrogens with two attached hydrogens (primary N) is 1. The average molecular weight is 290 g/mol. The van der Waals surface area contributed by atoms with Gasteiger partial charge in [0.15, 0.2) is 9.84 Å². The maximum atomic E-state index is 11.4. The molecule has 0 bridgehead atoms. The van der Waals surface area contributed by atoms with Crippen molar-refractivity contribution in [1.82, 2.24) is 0 Å². The van der Waals surface area contributed by atoms with Crippen molar-refractivity contribution in [1.29, 1.82) is 0 Å². The van der Waals surface area contributed by atoms with Gasteiger partial charge in [0.1, 0.15) is 0 Å². The Morgan fingerprint density at radius 1 is 1.10 bits per heavy atom. The molecule has 0 heterocycles. The molecule has 2 aromatic rings. The maximum absolute atomic E-state index is 11.4. The van der Waals surface area contributed by atoms with Crippen LogP contribution < -0.4 is 11.1 Å². The van der Waals surface area contributed by atoms with E-state index in [9.17, 15) is 8.42 Å². The lowest BCUT2D eigenvalue weighted by Crippen LogP contribution is -2.04. The van der Waals surface area contributed by atoms with Crippen LogP contribution in [-0.4, -0.2) is 14.7 Å². The van der Waals surface area contributed by atoms with Crippen molar-refractivity contribution >= 4 is 21.2 Å². The highest BCUT2D eigenvalue weighted by Gasteiger charge is 2.06. The number of nitrogens with one attached hydrogen (secondary N) is 1. The number of rotatable bonds is 4. The Hall–Kier alpha value is -2.01. The second-order valence-electron chi connectivity index (χ2n) is 4.81. The van der Waals surface area contributed by atoms with Crippen molar-refractivity contribution in [2.75, 3.05) is 17.3 Å². The van der Waals surface area contributed by atoms with Gasteiger partial charge in [-0.15, -0.1) is 0 Å². The number of aryl methyl sites for hydroxylation is 1. The molecular formula is C15H18N2O2S. The fraction of sp³-hybridized carbons (Fsp3) is 0.200. The topological polar surface area (TPSA) is 72.2 Å². The summed E-state index contributed by atoms with van der Waals surface area (Å²) in [5.74, 6) is 0. The quantitative estimate of drug-likeness (QED) is 0.849. The molecule has 0 atom stereocenters. The fourth-order valence-corrected chi connectivity index (χ4v) is 2.61. The first-order valence-electron chi connectivity index (χ1n) is 6.26. The van der Waals surface area contributed by atoms with Crippen LogP contribution in [0.25, 0.3) is 0 Å². The van der Waals surface area contributed by atoms with Crippen LogP contribution in [-0.2, 0) is 16.4 Å². The summed E-state index contributed by atoms with van der Waals surface area (Å²) in [6.07, 6.45) is 1.20. The van der Waals surface area contributed by atoms with Gasteiger partial charge in [0.2, 0.25) is 0 Å². The number of nitrogen functional groups attached to an aromatic ring is 1. The number of benzene rings is 2. The highest BCUT2D eigenvalue weighted by atomic mass is 32.2. The van der Waals surface area contributed by atoms with Gasteiger partial charge in [-0.3, -0.25) is 0 Å². The largest absolute Gasteiger partial charge is 0.397 e. The van der Waals surface area contributed by atoms with Gasteiger partial charge in [-0.05, 0) is 36.2 Å². The predicted octanol–water partition coefficient (Wildman–Crippen LogP) is 2.59. The minimum atomic E-state index is -3.14. The third-order valence-corrected chi connectivity index (χ3v) is 4.25. The van der Waals surface area contributed by atoms with Gasteiger partial charge < -0.3 is 11.1 Å². The number of hydrogen-bond acceptors (Lipinski definition) is 4. The predicted molar refractivity (Wildman–Crippen MR) is 82.5 cm³/mol. The summed E-state index contributed by atoms with van der Waals surface area (Å²) in [5, 5.41) is 3.28. The first-order valence-corrected chi connectivity index (χ1v) is 8.15. The van der Waals surface area contributed by atoms with Crippen molar-refractivity contribution in [2.24, 2.45) is 0 Å². The lowest BCUT2D eigenvalue weighted by atomic mass is 10.1. The van der Waals surface area contributed by atoms with Crippen LogP contribution in [0.5, 0.6) is 0 Å². The molecule has 2 aromatic carbocycles. The SMILES string of the molecule is Cc1cccc(N)c1NCc1ccc(S(C)(=O)=O)cc1. The minimum absolute atomic E-state index is 0.330. The highest BCUT2D eigenvalue weighted by molar-refractivity contribution is 7.90. The van der Waals surface area contributed by atoms with Crippen LogP contribution in [0.2, 0.25) is 0 Å². The van der Waals surface area contributed by atoms with E-state index in [1.54, 1.807) is 24.3 Å². The molecule has 0 aliphatic carbocycles. The third-order valence-electron chi connectivity index (χ3n) is 3.13. The van der Waals surface area contributed by atoms with Crippen LogP contribution in [0.15, 0.2) is 47.4 Å². The summed E-state index contributed by atoms with van der Waals surface area (Å²) in [6, 6.07) is 12.6. The van der Waals surface area contributed by atoms with E-state index in [2.05, 4.69) is 5.32 Å². The van der Waals surface area contributed by atoms with E-state index < -0.39 is 9.84 Å². The van der Waals surface area contributed by atoms with Gasteiger partial charge in [0.25, 0.3) is 0 Å². The van der Waals surface area contributed by atoms with E-state index in [4.69, 9.17) is 5.73 Å². The van der Waals surface area contributed by atoms with E-state index in [-0.39, 0.29) is 0 Å². The van der Waals surface area contributed by atoms with Crippen molar-refractivity contribution in [3.05, 3.63) is 53.6 Å². The molecule has 5 heteroatoms. The molecule has 0 spiro atoms. The van der Waals surface area contributed by atoms with Gasteiger partial charge >= 0.3 is 0 Å². The second-order valence-corrected chi connectivity index (χ2v) is 6.82. The molecule has 0 fully saturated rings. The molecule has 0 saturated heterocycles. The average Bonchev–Trinajstić information content (AvgIpc) is 2.37. The van der Waals surface area contributed by atoms with E-state index in [1.807, 2.05) is 25.1 Å². The van der Waals surface area contributed by atoms with Crippen molar-refractivity contribution < 1.29 is 8.42 Å². The minimum Gasteiger partial charge on any atom is -0.397 e. The molecule has 2 rings (SSSR count). The zero-order chi connectivity index (χ0) is 14.8. The molecule has 0 unspecified atom stereocenters. The molecule has 20 heavy (non-hydrogen) atoms. The first-order chi connectivity index (χ1) is 9.38. The molecular weight excluding hydrogens is 272 g/mol. The van der Waals surface area contributed by atoms with Crippen LogP contribution in [0, 0.1) is 6.92 Å². The Bertz CT molecular complexity index is 687. The lowest BCUT2D eigenvalue weighted by Gasteiger charge is -2.12. The van der Waals surface area contributed by atoms with Crippen LogP contribution in [0.4, 0.5) is 11.4 Å². The van der Waals surface area contributed by atoms with Gasteiger partial charge in [-0.2, -0.15) is 0 Å². The molecule has 0 amide bonds. The summed E-state index contributed by atoms with van der Waals surface area (Å²) in [5.41, 5.74) is 9.63. The summed E-state index contributed by atoms with van der Waals surface area (Å²) in [7, 11) is -3.14. The monoisotopic (exact) mass is 290 g/mol. The third kappa shape index (κ3) is 3.30. The number of para-hydroxylation sites is 1. The van der Waals surface area contributed by atoms with E-state index in [0.29, 0.717) is 17.1 Å². The molecule has 4 nitrogen and oxygen atoms in total. The second kappa shape index (κ2) is 5.54. The normalized spacial score (nSPS) is 11.3. The summed E-state index contributed by atoms with van der Waals surface area (Å²) >= 11 is 0. The van der Waals surface area contributed by atoms with Gasteiger partial charge in [-0.1, -0.05) is 24.3 Å². The van der Waals surface area contributed by atoms with Gasteiger partial charge in [0, 0.05) is 12.8 Å². The number of hydrogen-bond donors (Lipinski definition) is 2. The van der Waals surface area contributed by atoms with Crippen LogP contribution >= 0.6 is 0 Å². The van der Waals surface area contributed by atoms with Gasteiger partial charge in [0.05, 0.1) is 16.3 Å². The smallest absolute Gasteiger partial charge is 0.175 e. The zero-order valence-electron chi connectivity index (χ0n) is 11.6.